The van der Waals surface area contributed by atoms with Crippen LogP contribution < -0.4 is 15.2 Å². The Kier molecular flexibility index (Phi) is 3.96. The van der Waals surface area contributed by atoms with Gasteiger partial charge in [0.25, 0.3) is 0 Å². The average Bonchev–Trinajstić information content (AvgIpc) is 2.42. The van der Waals surface area contributed by atoms with Gasteiger partial charge in [-0.2, -0.15) is 0 Å². The van der Waals surface area contributed by atoms with Gasteiger partial charge in [0.15, 0.2) is 5.75 Å². The molecule has 2 aromatic rings. The topological polar surface area (TPSA) is 70.3 Å². The van der Waals surface area contributed by atoms with Crippen LogP contribution in [0, 0.1) is 0 Å². The quantitative estimate of drug-likeness (QED) is 0.919. The van der Waals surface area contributed by atoms with E-state index >= 15 is 0 Å². The number of ether oxygens (including phenoxy) is 2. The van der Waals surface area contributed by atoms with Crippen molar-refractivity contribution in [1.29, 1.82) is 0 Å². The van der Waals surface area contributed by atoms with Crippen molar-refractivity contribution in [3.8, 4) is 17.2 Å². The molecule has 0 aliphatic heterocycles. The monoisotopic (exact) mass is 265 g/mol. The molecule has 94 valence electrons. The van der Waals surface area contributed by atoms with Crippen LogP contribution in [0.2, 0.25) is 5.02 Å². The minimum atomic E-state index is 0.295. The van der Waals surface area contributed by atoms with E-state index in [0.29, 0.717) is 34.6 Å². The Morgan fingerprint density at radius 3 is 2.50 bits per heavy atom. The third-order valence-electron chi connectivity index (χ3n) is 2.23. The van der Waals surface area contributed by atoms with Crippen LogP contribution in [0.1, 0.15) is 5.82 Å². The van der Waals surface area contributed by atoms with Gasteiger partial charge in [-0.3, -0.25) is 0 Å². The maximum atomic E-state index is 6.05. The lowest BCUT2D eigenvalue weighted by atomic mass is 10.3. The Bertz CT molecular complexity index is 531. The molecule has 0 fully saturated rings. The molecule has 1 aromatic heterocycles. The molecule has 0 aliphatic carbocycles. The van der Waals surface area contributed by atoms with E-state index in [-0.39, 0.29) is 0 Å². The van der Waals surface area contributed by atoms with Gasteiger partial charge in [0.1, 0.15) is 17.3 Å². The zero-order valence-corrected chi connectivity index (χ0v) is 10.5. The normalized spacial score (nSPS) is 10.2. The third-order valence-corrected chi connectivity index (χ3v) is 2.53. The molecule has 0 aliphatic rings. The maximum Gasteiger partial charge on any atom is 0.164 e. The molecular formula is C12H12ClN3O2. The molecule has 1 aromatic carbocycles. The second kappa shape index (κ2) is 5.66. The van der Waals surface area contributed by atoms with Gasteiger partial charge in [-0.25, -0.2) is 9.97 Å². The molecule has 0 saturated carbocycles. The number of rotatable bonds is 4. The summed E-state index contributed by atoms with van der Waals surface area (Å²) in [5, 5.41) is 0.456. The Balaban J connectivity index is 2.17. The van der Waals surface area contributed by atoms with E-state index in [1.165, 1.54) is 0 Å². The fourth-order valence-corrected chi connectivity index (χ4v) is 1.53. The van der Waals surface area contributed by atoms with Gasteiger partial charge in [-0.05, 0) is 12.1 Å². The minimum Gasteiger partial charge on any atom is -0.497 e. The summed E-state index contributed by atoms with van der Waals surface area (Å²) >= 11 is 6.05. The predicted octanol–water partition coefficient (Wildman–Crippen LogP) is 2.39. The molecule has 0 radical (unpaired) electrons. The molecule has 2 rings (SSSR count). The second-order valence-electron chi connectivity index (χ2n) is 3.44. The van der Waals surface area contributed by atoms with Gasteiger partial charge in [0, 0.05) is 6.07 Å². The van der Waals surface area contributed by atoms with E-state index in [2.05, 4.69) is 9.97 Å². The summed E-state index contributed by atoms with van der Waals surface area (Å²) in [5.74, 6) is 2.24. The second-order valence-corrected chi connectivity index (χ2v) is 3.84. The summed E-state index contributed by atoms with van der Waals surface area (Å²) in [5.41, 5.74) is 5.41. The summed E-state index contributed by atoms with van der Waals surface area (Å²) in [6.07, 6.45) is 3.10. The number of nitrogens with zero attached hydrogens (tertiary/aromatic N) is 2. The first kappa shape index (κ1) is 12.6. The standard InChI is InChI=1S/C12H12ClN3O2/c1-17-8-2-3-11(10(13)4-8)18-9-6-15-12(5-14)16-7-9/h2-4,6-7H,5,14H2,1H3. The largest absolute Gasteiger partial charge is 0.497 e. The third kappa shape index (κ3) is 2.88. The summed E-state index contributed by atoms with van der Waals surface area (Å²) < 4.78 is 10.6. The number of hydrogen-bond donors (Lipinski definition) is 1. The van der Waals surface area contributed by atoms with Gasteiger partial charge in [0.05, 0.1) is 31.1 Å². The van der Waals surface area contributed by atoms with Crippen LogP contribution in [-0.4, -0.2) is 17.1 Å². The van der Waals surface area contributed by atoms with E-state index < -0.39 is 0 Å². The molecular weight excluding hydrogens is 254 g/mol. The van der Waals surface area contributed by atoms with Crippen molar-refractivity contribution >= 4 is 11.6 Å². The zero-order chi connectivity index (χ0) is 13.0. The maximum absolute atomic E-state index is 6.05. The first-order valence-electron chi connectivity index (χ1n) is 5.25. The molecule has 0 unspecified atom stereocenters. The van der Waals surface area contributed by atoms with Gasteiger partial charge < -0.3 is 15.2 Å². The lowest BCUT2D eigenvalue weighted by Gasteiger charge is -2.08. The molecule has 1 heterocycles. The van der Waals surface area contributed by atoms with Crippen molar-refractivity contribution in [3.05, 3.63) is 41.4 Å². The molecule has 0 amide bonds. The lowest BCUT2D eigenvalue weighted by molar-refractivity contribution is 0.412. The zero-order valence-electron chi connectivity index (χ0n) is 9.76. The van der Waals surface area contributed by atoms with Gasteiger partial charge >= 0.3 is 0 Å². The molecule has 0 bridgehead atoms. The van der Waals surface area contributed by atoms with Gasteiger partial charge in [-0.1, -0.05) is 11.6 Å². The SMILES string of the molecule is COc1ccc(Oc2cnc(CN)nc2)c(Cl)c1. The summed E-state index contributed by atoms with van der Waals surface area (Å²) in [6.45, 7) is 0.295. The number of nitrogens with two attached hydrogens (primary N) is 1. The van der Waals surface area contributed by atoms with Crippen LogP contribution in [0.25, 0.3) is 0 Å². The fraction of sp³-hybridized carbons (Fsp3) is 0.167. The van der Waals surface area contributed by atoms with Crippen LogP contribution >= 0.6 is 11.6 Å². The number of halogens is 1. The summed E-state index contributed by atoms with van der Waals surface area (Å²) in [7, 11) is 1.57. The van der Waals surface area contributed by atoms with Crippen molar-refractivity contribution in [2.45, 2.75) is 6.54 Å². The van der Waals surface area contributed by atoms with E-state index in [4.69, 9.17) is 26.8 Å². The fourth-order valence-electron chi connectivity index (χ4n) is 1.32. The highest BCUT2D eigenvalue weighted by Gasteiger charge is 2.05. The van der Waals surface area contributed by atoms with Crippen molar-refractivity contribution in [2.24, 2.45) is 5.73 Å². The summed E-state index contributed by atoms with van der Waals surface area (Å²) in [6, 6.07) is 5.15. The Morgan fingerprint density at radius 2 is 1.94 bits per heavy atom. The molecule has 5 nitrogen and oxygen atoms in total. The van der Waals surface area contributed by atoms with Crippen LogP contribution in [0.15, 0.2) is 30.6 Å². The molecule has 0 saturated heterocycles. The van der Waals surface area contributed by atoms with Gasteiger partial charge in [-0.15, -0.1) is 0 Å². The lowest BCUT2D eigenvalue weighted by Crippen LogP contribution is -2.02. The summed E-state index contributed by atoms with van der Waals surface area (Å²) in [4.78, 5) is 8.06. The van der Waals surface area contributed by atoms with Gasteiger partial charge in [0.2, 0.25) is 0 Å². The molecule has 2 N–H and O–H groups in total. The molecule has 6 heteroatoms. The highest BCUT2D eigenvalue weighted by Crippen LogP contribution is 2.31. The number of hydrogen-bond acceptors (Lipinski definition) is 5. The van der Waals surface area contributed by atoms with E-state index in [9.17, 15) is 0 Å². The van der Waals surface area contributed by atoms with Crippen molar-refractivity contribution in [2.75, 3.05) is 7.11 Å². The highest BCUT2D eigenvalue weighted by atomic mass is 35.5. The van der Waals surface area contributed by atoms with Crippen LogP contribution in [0.3, 0.4) is 0 Å². The first-order chi connectivity index (χ1) is 8.72. The van der Waals surface area contributed by atoms with E-state index in [1.807, 2.05) is 0 Å². The molecule has 0 atom stereocenters. The molecule has 18 heavy (non-hydrogen) atoms. The van der Waals surface area contributed by atoms with E-state index in [1.54, 1.807) is 37.7 Å². The van der Waals surface area contributed by atoms with Crippen LogP contribution in [-0.2, 0) is 6.54 Å². The smallest absolute Gasteiger partial charge is 0.164 e. The molecule has 0 spiro atoms. The highest BCUT2D eigenvalue weighted by molar-refractivity contribution is 6.32. The minimum absolute atomic E-state index is 0.295. The number of aromatic nitrogens is 2. The number of methoxy groups -OCH3 is 1. The van der Waals surface area contributed by atoms with E-state index in [0.717, 1.165) is 0 Å². The van der Waals surface area contributed by atoms with Crippen molar-refractivity contribution < 1.29 is 9.47 Å². The Hall–Kier alpha value is -1.85. The van der Waals surface area contributed by atoms with Crippen LogP contribution in [0.5, 0.6) is 17.2 Å². The predicted molar refractivity (Wildman–Crippen MR) is 68.0 cm³/mol. The van der Waals surface area contributed by atoms with Crippen molar-refractivity contribution in [3.63, 3.8) is 0 Å². The average molecular weight is 266 g/mol. The van der Waals surface area contributed by atoms with Crippen molar-refractivity contribution in [1.82, 2.24) is 9.97 Å². The Labute approximate surface area is 110 Å². The number of benzene rings is 1. The van der Waals surface area contributed by atoms with Crippen LogP contribution in [0.4, 0.5) is 0 Å². The first-order valence-corrected chi connectivity index (χ1v) is 5.63. The Morgan fingerprint density at radius 1 is 1.22 bits per heavy atom.